The van der Waals surface area contributed by atoms with Crippen LogP contribution in [0.15, 0.2) is 72.5 Å². The third kappa shape index (κ3) is 5.12. The Balaban J connectivity index is 1.74. The minimum absolute atomic E-state index is 0.0530. The van der Waals surface area contributed by atoms with Crippen LogP contribution in [0.4, 0.5) is 0 Å². The summed E-state index contributed by atoms with van der Waals surface area (Å²) in [5.74, 6) is 0.736. The van der Waals surface area contributed by atoms with Crippen molar-refractivity contribution in [2.24, 2.45) is 28.6 Å². The molecule has 0 unspecified atom stereocenters. The molecule has 0 heterocycles. The van der Waals surface area contributed by atoms with Gasteiger partial charge in [-0.25, -0.2) is 0 Å². The first-order valence-corrected chi connectivity index (χ1v) is 15.8. The van der Waals surface area contributed by atoms with Crippen LogP contribution < -0.4 is 10.4 Å². The highest BCUT2D eigenvalue weighted by Gasteiger charge is 2.68. The molecule has 2 aromatic rings. The number of rotatable bonds is 7. The molecule has 2 aliphatic carbocycles. The van der Waals surface area contributed by atoms with Gasteiger partial charge in [0.1, 0.15) is 0 Å². The predicted molar refractivity (Wildman–Crippen MR) is 157 cm³/mol. The fourth-order valence-corrected chi connectivity index (χ4v) is 11.6. The maximum absolute atomic E-state index is 12.6. The largest absolute Gasteiger partial charge is 0.504 e. The standard InChI is InChI=1S/C33H46O4Si/c1-31(2,3)30(34)36-22-26-23(21-35-9)20-27(29-28(26)33(29,7)8)37-38(32(4,5)6,24-16-12-10-13-17-24)25-18-14-11-15-19-25/h10-19,21,26-29H,20,22H2,1-9H3/b23-21+/t26-,27+,28+,29-/m1/s1. The van der Waals surface area contributed by atoms with Crippen molar-refractivity contribution < 1.29 is 18.7 Å². The first-order valence-electron chi connectivity index (χ1n) is 13.9. The maximum atomic E-state index is 12.6. The van der Waals surface area contributed by atoms with Crippen molar-refractivity contribution in [3.05, 3.63) is 72.5 Å². The molecule has 0 aliphatic heterocycles. The Hall–Kier alpha value is -2.37. The highest BCUT2D eigenvalue weighted by atomic mass is 28.4. The summed E-state index contributed by atoms with van der Waals surface area (Å²) in [4.78, 5) is 12.6. The van der Waals surface area contributed by atoms with Gasteiger partial charge in [0.15, 0.2) is 0 Å². The van der Waals surface area contributed by atoms with Gasteiger partial charge in [-0.3, -0.25) is 4.79 Å². The van der Waals surface area contributed by atoms with Gasteiger partial charge >= 0.3 is 5.97 Å². The van der Waals surface area contributed by atoms with Gasteiger partial charge in [-0.05, 0) is 65.4 Å². The molecule has 2 saturated carbocycles. The van der Waals surface area contributed by atoms with Crippen LogP contribution in [-0.4, -0.2) is 34.1 Å². The molecule has 0 radical (unpaired) electrons. The monoisotopic (exact) mass is 534 g/mol. The third-order valence-electron chi connectivity index (χ3n) is 8.76. The molecule has 5 heteroatoms. The van der Waals surface area contributed by atoms with Crippen LogP contribution in [0.2, 0.25) is 5.04 Å². The summed E-state index contributed by atoms with van der Waals surface area (Å²) in [6, 6.07) is 21.7. The Bertz CT molecular complexity index is 1100. The summed E-state index contributed by atoms with van der Waals surface area (Å²) in [7, 11) is -1.00. The van der Waals surface area contributed by atoms with Crippen LogP contribution in [0.5, 0.6) is 0 Å². The van der Waals surface area contributed by atoms with E-state index in [1.54, 1.807) is 7.11 Å². The fourth-order valence-electron chi connectivity index (χ4n) is 6.85. The van der Waals surface area contributed by atoms with Crippen LogP contribution in [0.1, 0.15) is 61.8 Å². The van der Waals surface area contributed by atoms with E-state index in [9.17, 15) is 4.79 Å². The van der Waals surface area contributed by atoms with E-state index in [1.165, 1.54) is 15.9 Å². The van der Waals surface area contributed by atoms with Crippen molar-refractivity contribution in [1.29, 1.82) is 0 Å². The molecule has 0 amide bonds. The highest BCUT2D eigenvalue weighted by Crippen LogP contribution is 2.69. The minimum atomic E-state index is -2.70. The number of methoxy groups -OCH3 is 1. The van der Waals surface area contributed by atoms with Crippen molar-refractivity contribution in [2.45, 2.75) is 73.0 Å². The maximum Gasteiger partial charge on any atom is 0.311 e. The Kier molecular flexibility index (Phi) is 7.77. The van der Waals surface area contributed by atoms with Crippen LogP contribution in [0.25, 0.3) is 0 Å². The second-order valence-corrected chi connectivity index (χ2v) is 18.0. The van der Waals surface area contributed by atoms with E-state index in [0.717, 1.165) is 6.42 Å². The summed E-state index contributed by atoms with van der Waals surface area (Å²) in [6.07, 6.45) is 2.71. The zero-order valence-corrected chi connectivity index (χ0v) is 25.7. The van der Waals surface area contributed by atoms with Gasteiger partial charge < -0.3 is 13.9 Å². The summed E-state index contributed by atoms with van der Waals surface area (Å²) in [5.41, 5.74) is 0.745. The summed E-state index contributed by atoms with van der Waals surface area (Å²) >= 11 is 0. The Morgan fingerprint density at radius 1 is 0.921 bits per heavy atom. The number of hydrogen-bond acceptors (Lipinski definition) is 4. The lowest BCUT2D eigenvalue weighted by Crippen LogP contribution is -2.68. The lowest BCUT2D eigenvalue weighted by molar-refractivity contribution is -0.154. The molecule has 4 nitrogen and oxygen atoms in total. The number of hydrogen-bond donors (Lipinski definition) is 0. The Morgan fingerprint density at radius 3 is 1.89 bits per heavy atom. The fraction of sp³-hybridized carbons (Fsp3) is 0.545. The van der Waals surface area contributed by atoms with Crippen LogP contribution in [-0.2, 0) is 18.7 Å². The summed E-state index contributed by atoms with van der Waals surface area (Å²) in [6.45, 7) is 17.8. The zero-order chi connectivity index (χ0) is 27.9. The molecule has 0 saturated heterocycles. The number of esters is 1. The van der Waals surface area contributed by atoms with Crippen LogP contribution >= 0.6 is 0 Å². The number of carbonyl (C=O) groups is 1. The first-order chi connectivity index (χ1) is 17.7. The molecule has 0 aromatic heterocycles. The molecule has 38 heavy (non-hydrogen) atoms. The van der Waals surface area contributed by atoms with E-state index >= 15 is 0 Å². The lowest BCUT2D eigenvalue weighted by atomic mass is 9.83. The van der Waals surface area contributed by atoms with Gasteiger partial charge in [0, 0.05) is 5.92 Å². The SMILES string of the molecule is CO/C=C1\C[C@H](O[Si](c2ccccc2)(c2ccccc2)C(C)(C)C)[C@@H]2[C@H]([C@@H]1COC(=O)C(C)(C)C)C2(C)C. The molecule has 206 valence electrons. The average Bonchev–Trinajstić information content (AvgIpc) is 3.43. The van der Waals surface area contributed by atoms with Gasteiger partial charge in [-0.2, -0.15) is 0 Å². The average molecular weight is 535 g/mol. The van der Waals surface area contributed by atoms with E-state index in [4.69, 9.17) is 13.9 Å². The summed E-state index contributed by atoms with van der Waals surface area (Å²) < 4.78 is 19.1. The van der Waals surface area contributed by atoms with E-state index in [0.29, 0.717) is 18.4 Å². The van der Waals surface area contributed by atoms with Gasteiger partial charge in [0.05, 0.1) is 31.5 Å². The predicted octanol–water partition coefficient (Wildman–Crippen LogP) is 6.34. The smallest absolute Gasteiger partial charge is 0.311 e. The Labute approximate surface area is 230 Å². The van der Waals surface area contributed by atoms with E-state index < -0.39 is 13.7 Å². The van der Waals surface area contributed by atoms with Gasteiger partial charge in [-0.15, -0.1) is 0 Å². The van der Waals surface area contributed by atoms with Crippen molar-refractivity contribution in [2.75, 3.05) is 13.7 Å². The molecule has 4 rings (SSSR count). The van der Waals surface area contributed by atoms with Gasteiger partial charge in [-0.1, -0.05) is 95.3 Å². The zero-order valence-electron chi connectivity index (χ0n) is 24.7. The number of benzene rings is 2. The molecule has 2 fully saturated rings. The second kappa shape index (κ2) is 10.3. The molecule has 4 atom stereocenters. The Morgan fingerprint density at radius 2 is 1.45 bits per heavy atom. The van der Waals surface area contributed by atoms with Crippen molar-refractivity contribution in [1.82, 2.24) is 0 Å². The van der Waals surface area contributed by atoms with Crippen LogP contribution in [0, 0.1) is 28.6 Å². The topological polar surface area (TPSA) is 44.8 Å². The molecule has 2 aliphatic rings. The highest BCUT2D eigenvalue weighted by molar-refractivity contribution is 6.99. The lowest BCUT2D eigenvalue weighted by Gasteiger charge is -2.46. The van der Waals surface area contributed by atoms with E-state index in [2.05, 4.69) is 95.3 Å². The van der Waals surface area contributed by atoms with Crippen LogP contribution in [0.3, 0.4) is 0 Å². The molecule has 2 aromatic carbocycles. The van der Waals surface area contributed by atoms with E-state index in [-0.39, 0.29) is 28.4 Å². The summed E-state index contributed by atoms with van der Waals surface area (Å²) in [5, 5.41) is 2.51. The third-order valence-corrected chi connectivity index (χ3v) is 13.8. The molecule has 0 bridgehead atoms. The van der Waals surface area contributed by atoms with Gasteiger partial charge in [0.2, 0.25) is 0 Å². The van der Waals surface area contributed by atoms with E-state index in [1.807, 2.05) is 27.0 Å². The van der Waals surface area contributed by atoms with Crippen molar-refractivity contribution in [3.8, 4) is 0 Å². The normalized spacial score (nSPS) is 26.0. The second-order valence-electron chi connectivity index (χ2n) is 13.8. The quantitative estimate of drug-likeness (QED) is 0.236. The number of carbonyl (C=O) groups excluding carboxylic acids is 1. The minimum Gasteiger partial charge on any atom is -0.504 e. The molecular weight excluding hydrogens is 488 g/mol. The molecular formula is C33H46O4Si. The number of fused-ring (bicyclic) bond motifs is 1. The van der Waals surface area contributed by atoms with Crippen molar-refractivity contribution in [3.63, 3.8) is 0 Å². The van der Waals surface area contributed by atoms with Crippen molar-refractivity contribution >= 4 is 24.7 Å². The van der Waals surface area contributed by atoms with Gasteiger partial charge in [0.25, 0.3) is 8.32 Å². The molecule has 0 spiro atoms. The number of ether oxygens (including phenoxy) is 2. The molecule has 0 N–H and O–H groups in total. The first kappa shape index (κ1) is 28.6.